The molecule has 0 aromatic carbocycles. The van der Waals surface area contributed by atoms with Crippen LogP contribution < -0.4 is 0 Å². The van der Waals surface area contributed by atoms with E-state index >= 15 is 0 Å². The van der Waals surface area contributed by atoms with Gasteiger partial charge in [-0.05, 0) is 49.5 Å². The van der Waals surface area contributed by atoms with Crippen molar-refractivity contribution in [2.45, 2.75) is 38.8 Å². The predicted molar refractivity (Wildman–Crippen MR) is 71.1 cm³/mol. The Bertz CT molecular complexity index is 296. The Morgan fingerprint density at radius 3 is 2.56 bits per heavy atom. The minimum atomic E-state index is -1.92. The third kappa shape index (κ3) is 4.64. The van der Waals surface area contributed by atoms with Crippen LogP contribution in [0.4, 0.5) is 0 Å². The number of halogens is 1. The smallest absolute Gasteiger partial charge is 0.289 e. The van der Waals surface area contributed by atoms with Crippen LogP contribution in [0.3, 0.4) is 0 Å². The summed E-state index contributed by atoms with van der Waals surface area (Å²) in [6, 6.07) is 6.13. The highest BCUT2D eigenvalue weighted by Crippen LogP contribution is 2.24. The lowest BCUT2D eigenvalue weighted by molar-refractivity contribution is 0.334. The zero-order valence-corrected chi connectivity index (χ0v) is 11.8. The largest absolute Gasteiger partial charge is 0.403 e. The molecule has 0 radical (unpaired) electrons. The molecule has 0 N–H and O–H groups in total. The summed E-state index contributed by atoms with van der Waals surface area (Å²) in [7, 11) is -1.92. The summed E-state index contributed by atoms with van der Waals surface area (Å²) in [6.07, 6.45) is 5.84. The molecule has 0 aliphatic heterocycles. The van der Waals surface area contributed by atoms with E-state index in [1.807, 2.05) is 19.3 Å². The molecule has 1 heterocycles. The molecule has 2 nitrogen and oxygen atoms in total. The van der Waals surface area contributed by atoms with E-state index in [0.717, 1.165) is 31.5 Å². The van der Waals surface area contributed by atoms with Crippen LogP contribution in [-0.2, 0) is 10.8 Å². The number of hydrogen-bond acceptors (Lipinski definition) is 2. The molecule has 1 aromatic rings. The summed E-state index contributed by atoms with van der Waals surface area (Å²) in [5.74, 6) is 0. The van der Waals surface area contributed by atoms with Crippen molar-refractivity contribution < 1.29 is 4.43 Å². The van der Waals surface area contributed by atoms with Gasteiger partial charge in [0.1, 0.15) is 0 Å². The SMILES string of the molecule is CCO[Si](Cl)(CC)CCCc1ccncc1. The number of hydrogen-bond donors (Lipinski definition) is 0. The van der Waals surface area contributed by atoms with Crippen molar-refractivity contribution in [2.24, 2.45) is 0 Å². The second-order valence-corrected chi connectivity index (χ2v) is 9.21. The number of pyridine rings is 1. The summed E-state index contributed by atoms with van der Waals surface area (Å²) in [5.41, 5.74) is 1.33. The second-order valence-electron chi connectivity index (χ2n) is 3.88. The van der Waals surface area contributed by atoms with Crippen LogP contribution in [0.5, 0.6) is 0 Å². The van der Waals surface area contributed by atoms with E-state index < -0.39 is 7.63 Å². The minimum absolute atomic E-state index is 0.735. The first-order valence-corrected chi connectivity index (χ1v) is 9.25. The van der Waals surface area contributed by atoms with Gasteiger partial charge in [-0.1, -0.05) is 6.92 Å². The second kappa shape index (κ2) is 7.04. The lowest BCUT2D eigenvalue weighted by Crippen LogP contribution is -2.30. The van der Waals surface area contributed by atoms with Crippen LogP contribution in [0.15, 0.2) is 24.5 Å². The van der Waals surface area contributed by atoms with Crippen molar-refractivity contribution >= 4 is 18.7 Å². The predicted octanol–water partition coefficient (Wildman–Crippen LogP) is 3.75. The molecule has 0 aliphatic rings. The van der Waals surface area contributed by atoms with Gasteiger partial charge >= 0.3 is 0 Å². The average Bonchev–Trinajstić information content (AvgIpc) is 2.31. The molecule has 1 aromatic heterocycles. The Morgan fingerprint density at radius 2 is 2.00 bits per heavy atom. The monoisotopic (exact) mass is 257 g/mol. The summed E-state index contributed by atoms with van der Waals surface area (Å²) in [5, 5.41) is 0. The molecule has 0 spiro atoms. The van der Waals surface area contributed by atoms with Crippen molar-refractivity contribution in [2.75, 3.05) is 6.61 Å². The Labute approximate surface area is 104 Å². The molecule has 90 valence electrons. The van der Waals surface area contributed by atoms with Crippen molar-refractivity contribution in [1.82, 2.24) is 4.98 Å². The van der Waals surface area contributed by atoms with E-state index in [1.165, 1.54) is 5.56 Å². The maximum absolute atomic E-state index is 6.49. The van der Waals surface area contributed by atoms with E-state index in [-0.39, 0.29) is 0 Å². The quantitative estimate of drug-likeness (QED) is 0.548. The molecule has 4 heteroatoms. The number of aryl methyl sites for hydroxylation is 1. The van der Waals surface area contributed by atoms with E-state index in [9.17, 15) is 0 Å². The Hall–Kier alpha value is -0.383. The first-order valence-electron chi connectivity index (χ1n) is 5.92. The zero-order chi connectivity index (χ0) is 11.9. The fraction of sp³-hybridized carbons (Fsp3) is 0.583. The topological polar surface area (TPSA) is 22.1 Å². The Kier molecular flexibility index (Phi) is 6.02. The summed E-state index contributed by atoms with van der Waals surface area (Å²) in [6.45, 7) is 4.88. The fourth-order valence-corrected chi connectivity index (χ4v) is 4.37. The summed E-state index contributed by atoms with van der Waals surface area (Å²) in [4.78, 5) is 4.01. The molecule has 0 bridgehead atoms. The maximum atomic E-state index is 6.49. The average molecular weight is 258 g/mol. The van der Waals surface area contributed by atoms with Gasteiger partial charge in [0, 0.05) is 19.0 Å². The lowest BCUT2D eigenvalue weighted by Gasteiger charge is -2.22. The van der Waals surface area contributed by atoms with Gasteiger partial charge in [-0.3, -0.25) is 4.98 Å². The van der Waals surface area contributed by atoms with Gasteiger partial charge in [0.05, 0.1) is 0 Å². The van der Waals surface area contributed by atoms with Crippen LogP contribution in [0, 0.1) is 0 Å². The first kappa shape index (κ1) is 13.7. The fourth-order valence-electron chi connectivity index (χ4n) is 1.72. The van der Waals surface area contributed by atoms with Gasteiger partial charge in [0.15, 0.2) is 0 Å². The first-order chi connectivity index (χ1) is 7.70. The maximum Gasteiger partial charge on any atom is 0.289 e. The van der Waals surface area contributed by atoms with Gasteiger partial charge in [0.25, 0.3) is 7.63 Å². The van der Waals surface area contributed by atoms with Gasteiger partial charge in [-0.15, -0.1) is 11.1 Å². The highest BCUT2D eigenvalue weighted by molar-refractivity contribution is 7.16. The third-order valence-electron chi connectivity index (χ3n) is 2.70. The molecule has 0 saturated carbocycles. The van der Waals surface area contributed by atoms with Crippen LogP contribution in [0.25, 0.3) is 0 Å². The van der Waals surface area contributed by atoms with Crippen molar-refractivity contribution in [3.63, 3.8) is 0 Å². The van der Waals surface area contributed by atoms with Crippen LogP contribution in [0.1, 0.15) is 25.8 Å². The molecule has 1 rings (SSSR count). The Morgan fingerprint density at radius 1 is 1.31 bits per heavy atom. The van der Waals surface area contributed by atoms with Crippen molar-refractivity contribution in [3.8, 4) is 0 Å². The molecule has 1 atom stereocenters. The normalized spacial score (nSPS) is 14.7. The van der Waals surface area contributed by atoms with Crippen LogP contribution >= 0.6 is 11.1 Å². The van der Waals surface area contributed by atoms with E-state index in [1.54, 1.807) is 0 Å². The standard InChI is InChI=1S/C12H20ClNOSi/c1-3-15-16(13,4-2)11-5-6-12-7-9-14-10-8-12/h7-10H,3-6,11H2,1-2H3. The van der Waals surface area contributed by atoms with Gasteiger partial charge in [0.2, 0.25) is 0 Å². The molecule has 0 saturated heterocycles. The Balaban J connectivity index is 2.34. The molecular weight excluding hydrogens is 238 g/mol. The van der Waals surface area contributed by atoms with E-state index in [0.29, 0.717) is 0 Å². The zero-order valence-electron chi connectivity index (χ0n) is 10.1. The molecule has 1 unspecified atom stereocenters. The van der Waals surface area contributed by atoms with Crippen molar-refractivity contribution in [3.05, 3.63) is 30.1 Å². The van der Waals surface area contributed by atoms with Gasteiger partial charge in [-0.25, -0.2) is 0 Å². The lowest BCUT2D eigenvalue weighted by atomic mass is 10.2. The highest BCUT2D eigenvalue weighted by Gasteiger charge is 2.29. The molecule has 0 fully saturated rings. The molecular formula is C12H20ClNOSi. The highest BCUT2D eigenvalue weighted by atomic mass is 35.6. The number of rotatable bonds is 7. The minimum Gasteiger partial charge on any atom is -0.403 e. The molecule has 16 heavy (non-hydrogen) atoms. The van der Waals surface area contributed by atoms with Gasteiger partial charge < -0.3 is 4.43 Å². The third-order valence-corrected chi connectivity index (χ3v) is 7.35. The van der Waals surface area contributed by atoms with Gasteiger partial charge in [-0.2, -0.15) is 0 Å². The van der Waals surface area contributed by atoms with Crippen molar-refractivity contribution in [1.29, 1.82) is 0 Å². The van der Waals surface area contributed by atoms with E-state index in [2.05, 4.69) is 24.0 Å². The summed E-state index contributed by atoms with van der Waals surface area (Å²) >= 11 is 6.49. The van der Waals surface area contributed by atoms with Crippen LogP contribution in [-0.4, -0.2) is 19.2 Å². The van der Waals surface area contributed by atoms with Crippen LogP contribution in [0.2, 0.25) is 12.1 Å². The number of nitrogens with zero attached hydrogens (tertiary/aromatic N) is 1. The summed E-state index contributed by atoms with van der Waals surface area (Å²) < 4.78 is 5.71. The van der Waals surface area contributed by atoms with E-state index in [4.69, 9.17) is 15.5 Å². The molecule has 0 aliphatic carbocycles. The number of aromatic nitrogens is 1. The molecule has 0 amide bonds.